The monoisotopic (exact) mass is 470 g/mol. The van der Waals surface area contributed by atoms with E-state index in [2.05, 4.69) is 31.7 Å². The van der Waals surface area contributed by atoms with Crippen molar-refractivity contribution in [2.24, 2.45) is 0 Å². The van der Waals surface area contributed by atoms with Gasteiger partial charge >= 0.3 is 0 Å². The number of amides is 2. The summed E-state index contributed by atoms with van der Waals surface area (Å²) in [6.07, 6.45) is 0. The molecule has 0 saturated heterocycles. The molecule has 0 unspecified atom stereocenters. The summed E-state index contributed by atoms with van der Waals surface area (Å²) in [7, 11) is 0. The van der Waals surface area contributed by atoms with Gasteiger partial charge in [-0.3, -0.25) is 9.59 Å². The Labute approximate surface area is 183 Å². The normalized spacial score (nSPS) is 10.5. The SMILES string of the molecule is CCOc1ccc(NC(=O)CNC(=O)c2ccc(-n3nc(C)c(Br)c3C)cc2)cc1. The van der Waals surface area contributed by atoms with Crippen LogP contribution in [0.15, 0.2) is 53.0 Å². The van der Waals surface area contributed by atoms with E-state index in [0.29, 0.717) is 17.9 Å². The largest absolute Gasteiger partial charge is 0.494 e. The molecule has 3 aromatic rings. The van der Waals surface area contributed by atoms with Crippen molar-refractivity contribution < 1.29 is 14.3 Å². The number of ether oxygens (including phenoxy) is 1. The molecule has 2 N–H and O–H groups in total. The van der Waals surface area contributed by atoms with Gasteiger partial charge in [-0.2, -0.15) is 5.10 Å². The Hall–Kier alpha value is -3.13. The van der Waals surface area contributed by atoms with E-state index in [4.69, 9.17) is 4.74 Å². The van der Waals surface area contributed by atoms with Crippen LogP contribution in [-0.2, 0) is 4.79 Å². The molecule has 2 amide bonds. The predicted molar refractivity (Wildman–Crippen MR) is 119 cm³/mol. The number of halogens is 1. The molecular weight excluding hydrogens is 448 g/mol. The van der Waals surface area contributed by atoms with Gasteiger partial charge in [-0.15, -0.1) is 0 Å². The van der Waals surface area contributed by atoms with Gasteiger partial charge in [-0.25, -0.2) is 4.68 Å². The Balaban J connectivity index is 1.55. The van der Waals surface area contributed by atoms with Gasteiger partial charge in [0.1, 0.15) is 5.75 Å². The van der Waals surface area contributed by atoms with E-state index >= 15 is 0 Å². The Morgan fingerprint density at radius 3 is 2.30 bits per heavy atom. The van der Waals surface area contributed by atoms with Crippen molar-refractivity contribution in [3.05, 3.63) is 70.0 Å². The fraction of sp³-hybridized carbons (Fsp3) is 0.227. The number of carbonyl (C=O) groups excluding carboxylic acids is 2. The molecule has 0 aliphatic rings. The number of rotatable bonds is 7. The second-order valence-corrected chi connectivity index (χ2v) is 7.42. The van der Waals surface area contributed by atoms with Crippen LogP contribution in [0.3, 0.4) is 0 Å². The molecule has 1 heterocycles. The first-order chi connectivity index (χ1) is 14.4. The minimum Gasteiger partial charge on any atom is -0.494 e. The van der Waals surface area contributed by atoms with Gasteiger partial charge in [-0.1, -0.05) is 0 Å². The van der Waals surface area contributed by atoms with Crippen LogP contribution < -0.4 is 15.4 Å². The molecule has 8 heteroatoms. The molecule has 0 saturated carbocycles. The number of anilines is 1. The lowest BCUT2D eigenvalue weighted by Crippen LogP contribution is -2.32. The first-order valence-corrected chi connectivity index (χ1v) is 10.3. The van der Waals surface area contributed by atoms with Gasteiger partial charge in [0.05, 0.1) is 34.7 Å². The quantitative estimate of drug-likeness (QED) is 0.545. The molecule has 2 aromatic carbocycles. The molecule has 0 aliphatic carbocycles. The van der Waals surface area contributed by atoms with Crippen LogP contribution in [0.25, 0.3) is 5.69 Å². The van der Waals surface area contributed by atoms with Crippen LogP contribution in [0.1, 0.15) is 28.7 Å². The lowest BCUT2D eigenvalue weighted by Gasteiger charge is -2.09. The van der Waals surface area contributed by atoms with Crippen molar-refractivity contribution in [3.63, 3.8) is 0 Å². The third kappa shape index (κ3) is 5.07. The van der Waals surface area contributed by atoms with Crippen LogP contribution in [0.2, 0.25) is 0 Å². The molecule has 0 aliphatic heterocycles. The summed E-state index contributed by atoms with van der Waals surface area (Å²) >= 11 is 3.51. The van der Waals surface area contributed by atoms with E-state index in [1.54, 1.807) is 36.4 Å². The van der Waals surface area contributed by atoms with Crippen molar-refractivity contribution in [1.29, 1.82) is 0 Å². The molecule has 1 aromatic heterocycles. The highest BCUT2D eigenvalue weighted by Crippen LogP contribution is 2.23. The zero-order valence-electron chi connectivity index (χ0n) is 17.0. The molecule has 0 bridgehead atoms. The molecule has 156 valence electrons. The standard InChI is InChI=1S/C22H23BrN4O3/c1-4-30-19-11-7-17(8-12-19)25-20(28)13-24-22(29)16-5-9-18(10-6-16)27-15(3)21(23)14(2)26-27/h5-12H,4,13H2,1-3H3,(H,24,29)(H,25,28). The minimum absolute atomic E-state index is 0.127. The summed E-state index contributed by atoms with van der Waals surface area (Å²) in [5, 5.41) is 9.84. The van der Waals surface area contributed by atoms with Crippen molar-refractivity contribution in [1.82, 2.24) is 15.1 Å². The van der Waals surface area contributed by atoms with E-state index < -0.39 is 0 Å². The Morgan fingerprint density at radius 2 is 1.73 bits per heavy atom. The maximum absolute atomic E-state index is 12.4. The number of hydrogen-bond donors (Lipinski definition) is 2. The summed E-state index contributed by atoms with van der Waals surface area (Å²) in [4.78, 5) is 24.5. The first-order valence-electron chi connectivity index (χ1n) is 9.52. The molecule has 7 nitrogen and oxygen atoms in total. The number of hydrogen-bond acceptors (Lipinski definition) is 4. The molecule has 3 rings (SSSR count). The fourth-order valence-corrected chi connectivity index (χ4v) is 3.15. The average molecular weight is 471 g/mol. The highest BCUT2D eigenvalue weighted by atomic mass is 79.9. The van der Waals surface area contributed by atoms with Crippen molar-refractivity contribution in [2.75, 3.05) is 18.5 Å². The Bertz CT molecular complexity index is 1040. The third-order valence-electron chi connectivity index (χ3n) is 4.44. The number of benzene rings is 2. The van der Waals surface area contributed by atoms with Crippen molar-refractivity contribution in [2.45, 2.75) is 20.8 Å². The van der Waals surface area contributed by atoms with Crippen LogP contribution in [0.4, 0.5) is 5.69 Å². The first kappa shape index (κ1) is 21.6. The lowest BCUT2D eigenvalue weighted by atomic mass is 10.2. The average Bonchev–Trinajstić information content (AvgIpc) is 3.01. The number of aromatic nitrogens is 2. The number of nitrogens with one attached hydrogen (secondary N) is 2. The zero-order chi connectivity index (χ0) is 21.7. The summed E-state index contributed by atoms with van der Waals surface area (Å²) in [5.41, 5.74) is 3.83. The van der Waals surface area contributed by atoms with Crippen molar-refractivity contribution in [3.8, 4) is 11.4 Å². The summed E-state index contributed by atoms with van der Waals surface area (Å²) in [6.45, 7) is 6.25. The second-order valence-electron chi connectivity index (χ2n) is 6.63. The van der Waals surface area contributed by atoms with E-state index in [-0.39, 0.29) is 18.4 Å². The van der Waals surface area contributed by atoms with Gasteiger partial charge in [-0.05, 0) is 85.2 Å². The molecule has 30 heavy (non-hydrogen) atoms. The maximum atomic E-state index is 12.4. The van der Waals surface area contributed by atoms with Crippen LogP contribution in [-0.4, -0.2) is 34.7 Å². The Kier molecular flexibility index (Phi) is 6.89. The maximum Gasteiger partial charge on any atom is 0.251 e. The predicted octanol–water partition coefficient (Wildman–Crippen LogP) is 4.02. The van der Waals surface area contributed by atoms with Gasteiger partial charge in [0.25, 0.3) is 5.91 Å². The topological polar surface area (TPSA) is 85.3 Å². The van der Waals surface area contributed by atoms with Crippen LogP contribution in [0.5, 0.6) is 5.75 Å². The smallest absolute Gasteiger partial charge is 0.251 e. The number of nitrogens with zero attached hydrogens (tertiary/aromatic N) is 2. The van der Waals surface area contributed by atoms with Gasteiger partial charge in [0.15, 0.2) is 0 Å². The van der Waals surface area contributed by atoms with Gasteiger partial charge in [0.2, 0.25) is 5.91 Å². The minimum atomic E-state index is -0.321. The van der Waals surface area contributed by atoms with Crippen molar-refractivity contribution >= 4 is 33.4 Å². The van der Waals surface area contributed by atoms with E-state index in [9.17, 15) is 9.59 Å². The zero-order valence-corrected chi connectivity index (χ0v) is 18.6. The molecule has 0 atom stereocenters. The summed E-state index contributed by atoms with van der Waals surface area (Å²) in [6, 6.07) is 14.1. The molecular formula is C22H23BrN4O3. The Morgan fingerprint density at radius 1 is 1.07 bits per heavy atom. The number of carbonyl (C=O) groups is 2. The van der Waals surface area contributed by atoms with Crippen LogP contribution in [0, 0.1) is 13.8 Å². The highest BCUT2D eigenvalue weighted by molar-refractivity contribution is 9.10. The second kappa shape index (κ2) is 9.58. The summed E-state index contributed by atoms with van der Waals surface area (Å²) < 4.78 is 8.14. The lowest BCUT2D eigenvalue weighted by molar-refractivity contribution is -0.115. The van der Waals surface area contributed by atoms with E-state index in [1.165, 1.54) is 0 Å². The highest BCUT2D eigenvalue weighted by Gasteiger charge is 2.12. The van der Waals surface area contributed by atoms with Gasteiger partial charge < -0.3 is 15.4 Å². The fourth-order valence-electron chi connectivity index (χ4n) is 2.90. The molecule has 0 spiro atoms. The molecule has 0 fully saturated rings. The van der Waals surface area contributed by atoms with E-state index in [1.807, 2.05) is 37.6 Å². The third-order valence-corrected chi connectivity index (χ3v) is 5.58. The molecule has 0 radical (unpaired) electrons. The number of aryl methyl sites for hydroxylation is 1. The van der Waals surface area contributed by atoms with Gasteiger partial charge in [0, 0.05) is 11.3 Å². The van der Waals surface area contributed by atoms with E-state index in [0.717, 1.165) is 27.3 Å². The van der Waals surface area contributed by atoms with Crippen LogP contribution >= 0.6 is 15.9 Å². The summed E-state index contributed by atoms with van der Waals surface area (Å²) in [5.74, 6) is 0.106.